The van der Waals surface area contributed by atoms with E-state index in [2.05, 4.69) is 72.9 Å². The maximum Gasteiger partial charge on any atom is 0.133 e. The molecule has 0 aromatic heterocycles. The van der Waals surface area contributed by atoms with Gasteiger partial charge in [-0.2, -0.15) is 0 Å². The molecule has 1 aromatic carbocycles. The number of para-hydroxylation sites is 1. The number of hydrogen-bond acceptors (Lipinski definition) is 2. The molecule has 1 aliphatic carbocycles. The highest BCUT2D eigenvalue weighted by Crippen LogP contribution is 2.49. The zero-order valence-corrected chi connectivity index (χ0v) is 14.2. The van der Waals surface area contributed by atoms with Crippen LogP contribution in [0.1, 0.15) is 40.0 Å². The monoisotopic (exact) mass is 373 g/mol. The minimum atomic E-state index is 0.301. The molecular formula is C16H24INO. The van der Waals surface area contributed by atoms with Crippen LogP contribution >= 0.6 is 22.6 Å². The lowest BCUT2D eigenvalue weighted by molar-refractivity contribution is -0.0857. The van der Waals surface area contributed by atoms with Crippen LogP contribution < -0.4 is 10.1 Å². The number of nitrogens with one attached hydrogen (secondary N) is 1. The Morgan fingerprint density at radius 3 is 2.53 bits per heavy atom. The molecule has 2 rings (SSSR count). The first-order valence-electron chi connectivity index (χ1n) is 7.32. The molecule has 1 fully saturated rings. The molecule has 0 amide bonds. The Balaban J connectivity index is 2.11. The summed E-state index contributed by atoms with van der Waals surface area (Å²) < 4.78 is 7.51. The summed E-state index contributed by atoms with van der Waals surface area (Å²) >= 11 is 2.35. The fourth-order valence-electron chi connectivity index (χ4n) is 3.34. The van der Waals surface area contributed by atoms with Crippen molar-refractivity contribution in [1.29, 1.82) is 0 Å². The lowest BCUT2D eigenvalue weighted by Gasteiger charge is -2.55. The third-order valence-electron chi connectivity index (χ3n) is 4.66. The van der Waals surface area contributed by atoms with Crippen molar-refractivity contribution in [2.24, 2.45) is 5.41 Å². The summed E-state index contributed by atoms with van der Waals surface area (Å²) in [5.41, 5.74) is 0.301. The first kappa shape index (κ1) is 15.1. The van der Waals surface area contributed by atoms with E-state index in [4.69, 9.17) is 4.74 Å². The number of halogens is 1. The van der Waals surface area contributed by atoms with Gasteiger partial charge in [-0.15, -0.1) is 0 Å². The highest BCUT2D eigenvalue weighted by Gasteiger charge is 2.53. The van der Waals surface area contributed by atoms with Crippen molar-refractivity contribution in [3.05, 3.63) is 27.8 Å². The van der Waals surface area contributed by atoms with Crippen LogP contribution in [0.15, 0.2) is 24.3 Å². The van der Waals surface area contributed by atoms with Gasteiger partial charge in [0.25, 0.3) is 0 Å². The molecule has 0 spiro atoms. The molecule has 1 saturated carbocycles. The van der Waals surface area contributed by atoms with E-state index in [0.29, 0.717) is 17.6 Å². The van der Waals surface area contributed by atoms with E-state index in [0.717, 1.165) is 18.7 Å². The van der Waals surface area contributed by atoms with Crippen LogP contribution in [0.25, 0.3) is 0 Å². The van der Waals surface area contributed by atoms with E-state index < -0.39 is 0 Å². The molecular weight excluding hydrogens is 349 g/mol. The topological polar surface area (TPSA) is 21.3 Å². The molecule has 1 N–H and O–H groups in total. The Kier molecular flexibility index (Phi) is 5.12. The van der Waals surface area contributed by atoms with Gasteiger partial charge >= 0.3 is 0 Å². The predicted molar refractivity (Wildman–Crippen MR) is 88.7 cm³/mol. The zero-order valence-electron chi connectivity index (χ0n) is 12.1. The number of rotatable bonds is 6. The normalized spacial score (nSPS) is 24.8. The number of benzene rings is 1. The second-order valence-electron chi connectivity index (χ2n) is 5.32. The van der Waals surface area contributed by atoms with Gasteiger partial charge in [0.05, 0.1) is 3.57 Å². The summed E-state index contributed by atoms with van der Waals surface area (Å²) in [4.78, 5) is 0. The van der Waals surface area contributed by atoms with E-state index in [1.165, 1.54) is 16.4 Å². The van der Waals surface area contributed by atoms with Crippen molar-refractivity contribution >= 4 is 22.6 Å². The Hall–Kier alpha value is -0.290. The lowest BCUT2D eigenvalue weighted by atomic mass is 9.58. The third kappa shape index (κ3) is 2.77. The van der Waals surface area contributed by atoms with Crippen molar-refractivity contribution in [2.75, 3.05) is 6.54 Å². The molecule has 0 aliphatic heterocycles. The van der Waals surface area contributed by atoms with Gasteiger partial charge in [0.2, 0.25) is 0 Å². The fourth-order valence-corrected chi connectivity index (χ4v) is 3.85. The van der Waals surface area contributed by atoms with Crippen molar-refractivity contribution < 1.29 is 4.74 Å². The van der Waals surface area contributed by atoms with Gasteiger partial charge in [-0.3, -0.25) is 0 Å². The largest absolute Gasteiger partial charge is 0.489 e. The van der Waals surface area contributed by atoms with Crippen LogP contribution in [0.3, 0.4) is 0 Å². The summed E-state index contributed by atoms with van der Waals surface area (Å²) in [5, 5.41) is 3.62. The van der Waals surface area contributed by atoms with Crippen LogP contribution in [0.2, 0.25) is 0 Å². The van der Waals surface area contributed by atoms with Crippen molar-refractivity contribution in [3.63, 3.8) is 0 Å². The predicted octanol–water partition coefficient (Wildman–Crippen LogP) is 4.23. The first-order valence-corrected chi connectivity index (χ1v) is 8.40. The van der Waals surface area contributed by atoms with Crippen LogP contribution in [-0.4, -0.2) is 18.7 Å². The smallest absolute Gasteiger partial charge is 0.133 e. The maximum atomic E-state index is 6.31. The Morgan fingerprint density at radius 2 is 1.95 bits per heavy atom. The average Bonchev–Trinajstić information content (AvgIpc) is 2.41. The molecule has 106 valence electrons. The highest BCUT2D eigenvalue weighted by atomic mass is 127. The molecule has 1 aromatic rings. The Labute approximate surface area is 130 Å². The Bertz CT molecular complexity index is 417. The van der Waals surface area contributed by atoms with Gasteiger partial charge in [0.1, 0.15) is 11.9 Å². The van der Waals surface area contributed by atoms with Gasteiger partial charge in [-0.25, -0.2) is 0 Å². The van der Waals surface area contributed by atoms with Crippen LogP contribution in [0.4, 0.5) is 0 Å². The first-order chi connectivity index (χ1) is 9.17. The third-order valence-corrected chi connectivity index (χ3v) is 5.55. The second kappa shape index (κ2) is 6.44. The quantitative estimate of drug-likeness (QED) is 0.754. The molecule has 2 unspecified atom stereocenters. The van der Waals surface area contributed by atoms with Crippen LogP contribution in [-0.2, 0) is 0 Å². The van der Waals surface area contributed by atoms with Gasteiger partial charge in [-0.05, 0) is 54.1 Å². The van der Waals surface area contributed by atoms with Crippen molar-refractivity contribution in [3.8, 4) is 5.75 Å². The van der Waals surface area contributed by atoms with Gasteiger partial charge in [0.15, 0.2) is 0 Å². The maximum absolute atomic E-state index is 6.31. The lowest BCUT2D eigenvalue weighted by Crippen LogP contribution is -2.64. The van der Waals surface area contributed by atoms with Crippen molar-refractivity contribution in [2.45, 2.75) is 52.2 Å². The van der Waals surface area contributed by atoms with Gasteiger partial charge < -0.3 is 10.1 Å². The van der Waals surface area contributed by atoms with Gasteiger partial charge in [0, 0.05) is 17.9 Å². The molecule has 3 heteroatoms. The fraction of sp³-hybridized carbons (Fsp3) is 0.625. The van der Waals surface area contributed by atoms with E-state index in [1.807, 2.05) is 0 Å². The highest BCUT2D eigenvalue weighted by molar-refractivity contribution is 14.1. The van der Waals surface area contributed by atoms with Crippen molar-refractivity contribution in [1.82, 2.24) is 5.32 Å². The van der Waals surface area contributed by atoms with E-state index >= 15 is 0 Å². The zero-order chi connectivity index (χ0) is 13.9. The Morgan fingerprint density at radius 1 is 1.26 bits per heavy atom. The van der Waals surface area contributed by atoms with E-state index in [-0.39, 0.29) is 0 Å². The van der Waals surface area contributed by atoms with E-state index in [9.17, 15) is 0 Å². The van der Waals surface area contributed by atoms with Crippen LogP contribution in [0.5, 0.6) is 5.75 Å². The van der Waals surface area contributed by atoms with Crippen LogP contribution in [0, 0.1) is 8.99 Å². The molecule has 19 heavy (non-hydrogen) atoms. The number of ether oxygens (including phenoxy) is 1. The molecule has 0 bridgehead atoms. The minimum Gasteiger partial charge on any atom is -0.489 e. The van der Waals surface area contributed by atoms with Gasteiger partial charge in [-0.1, -0.05) is 32.9 Å². The minimum absolute atomic E-state index is 0.301. The standard InChI is InChI=1S/C16H24INO/c1-4-16(5-2)14(18-6-3)11-15(16)19-13-10-8-7-9-12(13)17/h7-10,14-15,18H,4-6,11H2,1-3H3. The SMILES string of the molecule is CCNC1CC(Oc2ccccc2I)C1(CC)CC. The van der Waals surface area contributed by atoms with E-state index in [1.54, 1.807) is 0 Å². The molecule has 2 atom stereocenters. The summed E-state index contributed by atoms with van der Waals surface area (Å²) in [6.07, 6.45) is 3.83. The summed E-state index contributed by atoms with van der Waals surface area (Å²) in [5.74, 6) is 1.04. The molecule has 0 heterocycles. The molecule has 0 radical (unpaired) electrons. The molecule has 0 saturated heterocycles. The second-order valence-corrected chi connectivity index (χ2v) is 6.49. The average molecular weight is 373 g/mol. The summed E-state index contributed by atoms with van der Waals surface area (Å²) in [6, 6.07) is 8.91. The molecule has 1 aliphatic rings. The number of hydrogen-bond donors (Lipinski definition) is 1. The summed E-state index contributed by atoms with van der Waals surface area (Å²) in [6.45, 7) is 7.81. The summed E-state index contributed by atoms with van der Waals surface area (Å²) in [7, 11) is 0. The molecule has 2 nitrogen and oxygen atoms in total.